The molecule has 3 unspecified atom stereocenters. The molecule has 3 atom stereocenters. The summed E-state index contributed by atoms with van der Waals surface area (Å²) < 4.78 is 0. The van der Waals surface area contributed by atoms with Crippen LogP contribution in [0.1, 0.15) is 207 Å². The van der Waals surface area contributed by atoms with Gasteiger partial charge in [-0.15, -0.1) is 0 Å². The molecule has 0 amide bonds. The summed E-state index contributed by atoms with van der Waals surface area (Å²) in [5.74, 6) is 0.453. The summed E-state index contributed by atoms with van der Waals surface area (Å²) in [5, 5.41) is 9.81. The van der Waals surface area contributed by atoms with Crippen molar-refractivity contribution in [3.05, 3.63) is 0 Å². The number of aliphatic carboxylic acids is 1. The number of unbranched alkanes of at least 4 members (excludes halogenated alkanes) is 20. The molecule has 0 saturated heterocycles. The van der Waals surface area contributed by atoms with Crippen molar-refractivity contribution < 1.29 is 9.90 Å². The number of carboxylic acid groups (broad SMARTS) is 1. The zero-order valence-corrected chi connectivity index (χ0v) is 26.9. The molecule has 0 aromatic heterocycles. The highest BCUT2D eigenvalue weighted by Gasteiger charge is 2.24. The molecule has 0 rings (SSSR count). The molecule has 2 nitrogen and oxygen atoms in total. The molecule has 0 aliphatic rings. The molecular formula is C36H72O2. The van der Waals surface area contributed by atoms with Crippen LogP contribution < -0.4 is 0 Å². The number of carboxylic acids is 1. The van der Waals surface area contributed by atoms with Crippen LogP contribution in [0.25, 0.3) is 0 Å². The van der Waals surface area contributed by atoms with Gasteiger partial charge in [0.15, 0.2) is 0 Å². The van der Waals surface area contributed by atoms with Crippen molar-refractivity contribution in [2.24, 2.45) is 17.8 Å². The van der Waals surface area contributed by atoms with Crippen molar-refractivity contribution in [2.75, 3.05) is 0 Å². The summed E-state index contributed by atoms with van der Waals surface area (Å²) >= 11 is 0. The molecule has 0 aliphatic carbocycles. The maximum Gasteiger partial charge on any atom is 0.306 e. The first-order valence-corrected chi connectivity index (χ1v) is 17.8. The van der Waals surface area contributed by atoms with Crippen LogP contribution in [-0.4, -0.2) is 11.1 Å². The Kier molecular flexibility index (Phi) is 29.0. The van der Waals surface area contributed by atoms with Crippen molar-refractivity contribution in [2.45, 2.75) is 207 Å². The van der Waals surface area contributed by atoms with Crippen LogP contribution >= 0.6 is 0 Å². The summed E-state index contributed by atoms with van der Waals surface area (Å²) in [6.45, 7) is 9.05. The van der Waals surface area contributed by atoms with Crippen molar-refractivity contribution in [1.82, 2.24) is 0 Å². The molecule has 0 saturated carbocycles. The summed E-state index contributed by atoms with van der Waals surface area (Å²) in [6, 6.07) is 0. The van der Waals surface area contributed by atoms with Crippen LogP contribution in [0.3, 0.4) is 0 Å². The highest BCUT2D eigenvalue weighted by molar-refractivity contribution is 5.69. The molecular weight excluding hydrogens is 464 g/mol. The fourth-order valence-electron chi connectivity index (χ4n) is 6.33. The summed E-state index contributed by atoms with van der Waals surface area (Å²) in [4.78, 5) is 11.9. The number of carbonyl (C=O) groups is 1. The van der Waals surface area contributed by atoms with Crippen LogP contribution in [0.15, 0.2) is 0 Å². The lowest BCUT2D eigenvalue weighted by Crippen LogP contribution is -2.20. The Hall–Kier alpha value is -0.530. The quantitative estimate of drug-likeness (QED) is 0.0894. The maximum absolute atomic E-state index is 11.9. The maximum atomic E-state index is 11.9. The lowest BCUT2D eigenvalue weighted by Gasteiger charge is -2.23. The second kappa shape index (κ2) is 29.5. The van der Waals surface area contributed by atoms with E-state index < -0.39 is 5.97 Å². The van der Waals surface area contributed by atoms with E-state index in [-0.39, 0.29) is 5.92 Å². The van der Waals surface area contributed by atoms with Gasteiger partial charge in [-0.1, -0.05) is 195 Å². The predicted octanol–water partition coefficient (Wildman–Crippen LogP) is 12.9. The SMILES string of the molecule is CCCCCCCCCCCCCCCCCCCCCCC(C)CC(CC(CCC)CCCC)C(=O)O. The van der Waals surface area contributed by atoms with E-state index in [1.54, 1.807) is 0 Å². The molecule has 0 spiro atoms. The zero-order valence-electron chi connectivity index (χ0n) is 26.9. The van der Waals surface area contributed by atoms with Gasteiger partial charge in [-0.3, -0.25) is 4.79 Å². The smallest absolute Gasteiger partial charge is 0.306 e. The van der Waals surface area contributed by atoms with Crippen LogP contribution in [0.5, 0.6) is 0 Å². The largest absolute Gasteiger partial charge is 0.481 e. The van der Waals surface area contributed by atoms with E-state index in [9.17, 15) is 9.90 Å². The molecule has 0 bridgehead atoms. The lowest BCUT2D eigenvalue weighted by molar-refractivity contribution is -0.143. The van der Waals surface area contributed by atoms with Crippen molar-refractivity contribution >= 4 is 5.97 Å². The Bertz CT molecular complexity index is 474. The summed E-state index contributed by atoms with van der Waals surface area (Å²) in [5.41, 5.74) is 0. The van der Waals surface area contributed by atoms with Gasteiger partial charge in [-0.2, -0.15) is 0 Å². The Morgan fingerprint density at radius 2 is 0.868 bits per heavy atom. The Balaban J connectivity index is 3.56. The molecule has 38 heavy (non-hydrogen) atoms. The number of hydrogen-bond donors (Lipinski definition) is 1. The fourth-order valence-corrected chi connectivity index (χ4v) is 6.33. The van der Waals surface area contributed by atoms with E-state index in [1.807, 2.05) is 0 Å². The predicted molar refractivity (Wildman–Crippen MR) is 170 cm³/mol. The molecule has 228 valence electrons. The first kappa shape index (κ1) is 37.5. The van der Waals surface area contributed by atoms with Gasteiger partial charge in [0.05, 0.1) is 5.92 Å². The molecule has 1 N–H and O–H groups in total. The minimum absolute atomic E-state index is 0.136. The minimum Gasteiger partial charge on any atom is -0.481 e. The Labute approximate surface area is 240 Å². The highest BCUT2D eigenvalue weighted by atomic mass is 16.4. The molecule has 0 aromatic carbocycles. The van der Waals surface area contributed by atoms with Gasteiger partial charge in [0.1, 0.15) is 0 Å². The zero-order chi connectivity index (χ0) is 28.1. The topological polar surface area (TPSA) is 37.3 Å². The van der Waals surface area contributed by atoms with Gasteiger partial charge in [0, 0.05) is 0 Å². The van der Waals surface area contributed by atoms with E-state index in [0.29, 0.717) is 11.8 Å². The molecule has 2 heteroatoms. The molecule has 0 aromatic rings. The van der Waals surface area contributed by atoms with Gasteiger partial charge < -0.3 is 5.11 Å². The van der Waals surface area contributed by atoms with E-state index in [1.165, 1.54) is 167 Å². The normalized spacial score (nSPS) is 14.0. The van der Waals surface area contributed by atoms with Crippen molar-refractivity contribution in [3.8, 4) is 0 Å². The number of rotatable bonds is 31. The van der Waals surface area contributed by atoms with Gasteiger partial charge in [-0.25, -0.2) is 0 Å². The molecule has 0 fully saturated rings. The third-order valence-electron chi connectivity index (χ3n) is 8.87. The van der Waals surface area contributed by atoms with Crippen LogP contribution in [-0.2, 0) is 4.79 Å². The minimum atomic E-state index is -0.557. The number of hydrogen-bond acceptors (Lipinski definition) is 1. The standard InChI is InChI=1S/C36H72O2/c1-5-8-10-11-12-13-14-15-16-17-18-19-20-21-22-23-24-25-26-27-29-33(4)31-35(36(37)38)32-34(28-7-3)30-9-6-2/h33-35H,5-32H2,1-4H3,(H,37,38). The van der Waals surface area contributed by atoms with Crippen LogP contribution in [0, 0.1) is 17.8 Å². The lowest BCUT2D eigenvalue weighted by atomic mass is 9.82. The van der Waals surface area contributed by atoms with Gasteiger partial charge in [0.25, 0.3) is 0 Å². The van der Waals surface area contributed by atoms with Crippen LogP contribution in [0.2, 0.25) is 0 Å². The first-order chi connectivity index (χ1) is 18.5. The van der Waals surface area contributed by atoms with E-state index in [0.717, 1.165) is 12.8 Å². The van der Waals surface area contributed by atoms with Gasteiger partial charge in [0.2, 0.25) is 0 Å². The van der Waals surface area contributed by atoms with Crippen molar-refractivity contribution in [3.63, 3.8) is 0 Å². The third-order valence-corrected chi connectivity index (χ3v) is 8.87. The Morgan fingerprint density at radius 1 is 0.474 bits per heavy atom. The Morgan fingerprint density at radius 3 is 1.24 bits per heavy atom. The van der Waals surface area contributed by atoms with E-state index in [2.05, 4.69) is 27.7 Å². The van der Waals surface area contributed by atoms with E-state index >= 15 is 0 Å². The van der Waals surface area contributed by atoms with Gasteiger partial charge >= 0.3 is 5.97 Å². The van der Waals surface area contributed by atoms with Crippen LogP contribution in [0.4, 0.5) is 0 Å². The monoisotopic (exact) mass is 537 g/mol. The average Bonchev–Trinajstić information content (AvgIpc) is 2.90. The fraction of sp³-hybridized carbons (Fsp3) is 0.972. The summed E-state index contributed by atoms with van der Waals surface area (Å²) in [6.07, 6.45) is 37.5. The molecule has 0 radical (unpaired) electrons. The van der Waals surface area contributed by atoms with E-state index in [4.69, 9.17) is 0 Å². The first-order valence-electron chi connectivity index (χ1n) is 17.8. The molecule has 0 aliphatic heterocycles. The molecule has 0 heterocycles. The highest BCUT2D eigenvalue weighted by Crippen LogP contribution is 2.29. The third kappa shape index (κ3) is 25.7. The second-order valence-corrected chi connectivity index (χ2v) is 12.9. The second-order valence-electron chi connectivity index (χ2n) is 12.9. The van der Waals surface area contributed by atoms with Crippen molar-refractivity contribution in [1.29, 1.82) is 0 Å². The average molecular weight is 537 g/mol. The van der Waals surface area contributed by atoms with Gasteiger partial charge in [-0.05, 0) is 24.7 Å². The summed E-state index contributed by atoms with van der Waals surface area (Å²) in [7, 11) is 0.